The fourth-order valence-corrected chi connectivity index (χ4v) is 3.52. The highest BCUT2D eigenvalue weighted by molar-refractivity contribution is 5.85. The molecule has 0 N–H and O–H groups in total. The van der Waals surface area contributed by atoms with Crippen molar-refractivity contribution in [3.05, 3.63) is 29.8 Å². The Morgan fingerprint density at radius 1 is 1.10 bits per heavy atom. The van der Waals surface area contributed by atoms with E-state index in [0.29, 0.717) is 0 Å². The maximum absolute atomic E-state index is 5.25. The number of ether oxygens (including phenoxy) is 1. The van der Waals surface area contributed by atoms with Crippen LogP contribution in [0.5, 0.6) is 5.75 Å². The van der Waals surface area contributed by atoms with Crippen LogP contribution in [0.15, 0.2) is 24.3 Å². The number of hydrogen-bond donors (Lipinski definition) is 0. The summed E-state index contributed by atoms with van der Waals surface area (Å²) >= 11 is 0. The zero-order valence-electron chi connectivity index (χ0n) is 13.7. The Morgan fingerprint density at radius 3 is 2.24 bits per heavy atom. The summed E-state index contributed by atoms with van der Waals surface area (Å²) in [4.78, 5) is 2.35. The van der Waals surface area contributed by atoms with Gasteiger partial charge in [-0.25, -0.2) is 0 Å². The van der Waals surface area contributed by atoms with Gasteiger partial charge in [0.25, 0.3) is 0 Å². The largest absolute Gasteiger partial charge is 0.497 e. The van der Waals surface area contributed by atoms with Crippen LogP contribution in [0.25, 0.3) is 0 Å². The van der Waals surface area contributed by atoms with E-state index in [9.17, 15) is 0 Å². The minimum atomic E-state index is 0. The molecule has 1 saturated carbocycles. The van der Waals surface area contributed by atoms with E-state index in [1.807, 2.05) is 0 Å². The molecule has 120 valence electrons. The minimum Gasteiger partial charge on any atom is -0.497 e. The summed E-state index contributed by atoms with van der Waals surface area (Å²) in [6.45, 7) is 1.21. The molecule has 0 heterocycles. The van der Waals surface area contributed by atoms with Gasteiger partial charge in [0.2, 0.25) is 0 Å². The van der Waals surface area contributed by atoms with Gasteiger partial charge in [0.15, 0.2) is 0 Å². The lowest BCUT2D eigenvalue weighted by molar-refractivity contribution is 0.198. The predicted octanol–water partition coefficient (Wildman–Crippen LogP) is 4.42. The van der Waals surface area contributed by atoms with Crippen LogP contribution in [0.3, 0.4) is 0 Å². The first-order valence-electron chi connectivity index (χ1n) is 7.96. The third-order valence-electron chi connectivity index (χ3n) is 4.57. The van der Waals surface area contributed by atoms with Gasteiger partial charge in [-0.1, -0.05) is 44.2 Å². The van der Waals surface area contributed by atoms with Gasteiger partial charge >= 0.3 is 0 Å². The molecule has 21 heavy (non-hydrogen) atoms. The monoisotopic (exact) mass is 311 g/mol. The predicted molar refractivity (Wildman–Crippen MR) is 92.6 cm³/mol. The molecule has 1 aliphatic carbocycles. The van der Waals surface area contributed by atoms with E-state index in [0.717, 1.165) is 17.6 Å². The Hall–Kier alpha value is -0.730. The first kappa shape index (κ1) is 18.3. The van der Waals surface area contributed by atoms with E-state index in [2.05, 4.69) is 43.3 Å². The SMILES string of the molecule is COc1ccc(CC(CN(C)C)C2CCCCC2)cc1.Cl. The number of nitrogens with zero attached hydrogens (tertiary/aromatic N) is 1. The van der Waals surface area contributed by atoms with Crippen LogP contribution in [0.2, 0.25) is 0 Å². The van der Waals surface area contributed by atoms with Crippen molar-refractivity contribution in [3.8, 4) is 5.75 Å². The van der Waals surface area contributed by atoms with Gasteiger partial charge in [-0.2, -0.15) is 0 Å². The quantitative estimate of drug-likeness (QED) is 0.771. The van der Waals surface area contributed by atoms with Gasteiger partial charge in [0.05, 0.1) is 7.11 Å². The summed E-state index contributed by atoms with van der Waals surface area (Å²) in [5, 5.41) is 0. The van der Waals surface area contributed by atoms with Crippen molar-refractivity contribution in [1.29, 1.82) is 0 Å². The highest BCUT2D eigenvalue weighted by Gasteiger charge is 2.24. The van der Waals surface area contributed by atoms with Crippen molar-refractivity contribution < 1.29 is 4.74 Å². The summed E-state index contributed by atoms with van der Waals surface area (Å²) < 4.78 is 5.25. The molecule has 0 saturated heterocycles. The first-order chi connectivity index (χ1) is 9.69. The summed E-state index contributed by atoms with van der Waals surface area (Å²) in [7, 11) is 6.12. The second-order valence-electron chi connectivity index (χ2n) is 6.47. The second kappa shape index (κ2) is 9.32. The summed E-state index contributed by atoms with van der Waals surface area (Å²) in [5.41, 5.74) is 1.45. The van der Waals surface area contributed by atoms with Gasteiger partial charge in [-0.05, 0) is 50.0 Å². The van der Waals surface area contributed by atoms with Gasteiger partial charge in [0.1, 0.15) is 5.75 Å². The Balaban J connectivity index is 0.00000220. The lowest BCUT2D eigenvalue weighted by Crippen LogP contribution is -2.30. The maximum atomic E-state index is 5.25. The van der Waals surface area contributed by atoms with E-state index in [4.69, 9.17) is 4.74 Å². The normalized spacial score (nSPS) is 17.3. The Bertz CT molecular complexity index is 385. The second-order valence-corrected chi connectivity index (χ2v) is 6.47. The number of halogens is 1. The topological polar surface area (TPSA) is 12.5 Å². The molecule has 0 aromatic heterocycles. The molecule has 2 nitrogen and oxygen atoms in total. The highest BCUT2D eigenvalue weighted by atomic mass is 35.5. The molecule has 3 heteroatoms. The molecule has 1 fully saturated rings. The molecule has 0 bridgehead atoms. The molecule has 0 radical (unpaired) electrons. The van der Waals surface area contributed by atoms with Crippen molar-refractivity contribution in [2.24, 2.45) is 11.8 Å². The first-order valence-corrected chi connectivity index (χ1v) is 7.96. The number of rotatable bonds is 6. The third-order valence-corrected chi connectivity index (χ3v) is 4.57. The highest BCUT2D eigenvalue weighted by Crippen LogP contribution is 2.32. The number of methoxy groups -OCH3 is 1. The summed E-state index contributed by atoms with van der Waals surface area (Å²) in [5.74, 6) is 2.66. The Morgan fingerprint density at radius 2 is 1.71 bits per heavy atom. The summed E-state index contributed by atoms with van der Waals surface area (Å²) in [6.07, 6.45) is 8.35. The Kier molecular flexibility index (Phi) is 8.13. The van der Waals surface area contributed by atoms with Crippen LogP contribution in [-0.2, 0) is 6.42 Å². The zero-order chi connectivity index (χ0) is 14.4. The molecule has 1 aliphatic rings. The maximum Gasteiger partial charge on any atom is 0.118 e. The van der Waals surface area contributed by atoms with Crippen LogP contribution >= 0.6 is 12.4 Å². The lowest BCUT2D eigenvalue weighted by Gasteiger charge is -2.32. The average Bonchev–Trinajstić information content (AvgIpc) is 2.48. The summed E-state index contributed by atoms with van der Waals surface area (Å²) in [6, 6.07) is 8.63. The fraction of sp³-hybridized carbons (Fsp3) is 0.667. The molecular formula is C18H30ClNO. The van der Waals surface area contributed by atoms with Crippen LogP contribution in [0.4, 0.5) is 0 Å². The van der Waals surface area contributed by atoms with Gasteiger partial charge in [-0.3, -0.25) is 0 Å². The molecule has 1 aromatic carbocycles. The van der Waals surface area contributed by atoms with Crippen molar-refractivity contribution >= 4 is 12.4 Å². The number of hydrogen-bond acceptors (Lipinski definition) is 2. The smallest absolute Gasteiger partial charge is 0.118 e. The van der Waals surface area contributed by atoms with Crippen molar-refractivity contribution in [2.45, 2.75) is 38.5 Å². The Labute approximate surface area is 136 Å². The van der Waals surface area contributed by atoms with Crippen LogP contribution in [0, 0.1) is 11.8 Å². The molecular weight excluding hydrogens is 282 g/mol. The van der Waals surface area contributed by atoms with Crippen LogP contribution in [-0.4, -0.2) is 32.6 Å². The molecule has 0 aliphatic heterocycles. The lowest BCUT2D eigenvalue weighted by atomic mass is 9.77. The number of benzene rings is 1. The van der Waals surface area contributed by atoms with E-state index in [1.54, 1.807) is 7.11 Å². The molecule has 0 spiro atoms. The minimum absolute atomic E-state index is 0. The molecule has 0 amide bonds. The van der Waals surface area contributed by atoms with E-state index < -0.39 is 0 Å². The van der Waals surface area contributed by atoms with Gasteiger partial charge in [-0.15, -0.1) is 12.4 Å². The van der Waals surface area contributed by atoms with Crippen LogP contribution < -0.4 is 4.74 Å². The molecule has 2 rings (SSSR count). The van der Waals surface area contributed by atoms with Gasteiger partial charge in [0, 0.05) is 6.54 Å². The van der Waals surface area contributed by atoms with E-state index in [-0.39, 0.29) is 12.4 Å². The van der Waals surface area contributed by atoms with Crippen molar-refractivity contribution in [1.82, 2.24) is 4.90 Å². The van der Waals surface area contributed by atoms with E-state index >= 15 is 0 Å². The fourth-order valence-electron chi connectivity index (χ4n) is 3.52. The van der Waals surface area contributed by atoms with Crippen molar-refractivity contribution in [3.63, 3.8) is 0 Å². The molecule has 1 unspecified atom stereocenters. The van der Waals surface area contributed by atoms with Crippen LogP contribution in [0.1, 0.15) is 37.7 Å². The molecule has 1 aromatic rings. The molecule has 1 atom stereocenters. The third kappa shape index (κ3) is 5.88. The van der Waals surface area contributed by atoms with E-state index in [1.165, 1.54) is 50.6 Å². The standard InChI is InChI=1S/C18H29NO.ClH/c1-19(2)14-17(16-7-5-4-6-8-16)13-15-9-11-18(20-3)12-10-15;/h9-12,16-17H,4-8,13-14H2,1-3H3;1H. The van der Waals surface area contributed by atoms with Gasteiger partial charge < -0.3 is 9.64 Å². The average molecular weight is 312 g/mol. The zero-order valence-corrected chi connectivity index (χ0v) is 14.5. The van der Waals surface area contributed by atoms with Crippen molar-refractivity contribution in [2.75, 3.05) is 27.7 Å².